The molecule has 1 atom stereocenters. The van der Waals surface area contributed by atoms with Crippen LogP contribution in [0.5, 0.6) is 0 Å². The Labute approximate surface area is 99.0 Å². The van der Waals surface area contributed by atoms with Crippen LogP contribution in [0.15, 0.2) is 18.2 Å². The van der Waals surface area contributed by atoms with Gasteiger partial charge in [0.1, 0.15) is 0 Å². The van der Waals surface area contributed by atoms with Crippen LogP contribution in [0.3, 0.4) is 0 Å². The van der Waals surface area contributed by atoms with Gasteiger partial charge in [-0.3, -0.25) is 0 Å². The van der Waals surface area contributed by atoms with E-state index < -0.39 is 14.4 Å². The fourth-order valence-electron chi connectivity index (χ4n) is 1.74. The third-order valence-corrected chi connectivity index (χ3v) is 3.34. The minimum atomic E-state index is -1.69. The second kappa shape index (κ2) is 4.81. The Balaban J connectivity index is 3.11. The van der Waals surface area contributed by atoms with Crippen molar-refractivity contribution in [3.63, 3.8) is 0 Å². The summed E-state index contributed by atoms with van der Waals surface area (Å²) in [5.74, 6) is 0. The molecule has 0 N–H and O–H groups in total. The second-order valence-corrected chi connectivity index (χ2v) is 9.51. The summed E-state index contributed by atoms with van der Waals surface area (Å²) in [4.78, 5) is 0. The van der Waals surface area contributed by atoms with Crippen molar-refractivity contribution < 1.29 is 4.43 Å². The van der Waals surface area contributed by atoms with Crippen molar-refractivity contribution in [2.24, 2.45) is 0 Å². The van der Waals surface area contributed by atoms with Crippen LogP contribution in [-0.2, 0) is 4.43 Å². The number of nitriles is 1. The fourth-order valence-corrected chi connectivity index (χ4v) is 2.62. The summed E-state index contributed by atoms with van der Waals surface area (Å²) < 4.78 is 5.91. The van der Waals surface area contributed by atoms with Gasteiger partial charge in [0.25, 0.3) is 0 Å². The number of nitrogens with zero attached hydrogens (tertiary/aromatic N) is 1. The van der Waals surface area contributed by atoms with Crippen LogP contribution < -0.4 is 0 Å². The van der Waals surface area contributed by atoms with Crippen molar-refractivity contribution >= 4 is 8.32 Å². The Morgan fingerprint density at radius 1 is 1.19 bits per heavy atom. The maximum absolute atomic E-state index is 9.24. The highest BCUT2D eigenvalue weighted by atomic mass is 28.4. The van der Waals surface area contributed by atoms with Crippen molar-refractivity contribution in [3.8, 4) is 6.07 Å². The van der Waals surface area contributed by atoms with Crippen LogP contribution in [0, 0.1) is 25.2 Å². The highest BCUT2D eigenvalue weighted by Crippen LogP contribution is 2.27. The Hall–Kier alpha value is -1.11. The minimum Gasteiger partial charge on any atom is -0.399 e. The second-order valence-electron chi connectivity index (χ2n) is 5.04. The predicted octanol–water partition coefficient (Wildman–Crippen LogP) is 3.72. The van der Waals surface area contributed by atoms with Crippen LogP contribution in [0.4, 0.5) is 0 Å². The molecule has 1 rings (SSSR count). The van der Waals surface area contributed by atoms with E-state index in [1.54, 1.807) is 0 Å². The van der Waals surface area contributed by atoms with Crippen molar-refractivity contribution in [1.29, 1.82) is 5.26 Å². The van der Waals surface area contributed by atoms with E-state index in [-0.39, 0.29) is 0 Å². The average Bonchev–Trinajstić information content (AvgIpc) is 2.14. The summed E-state index contributed by atoms with van der Waals surface area (Å²) in [7, 11) is -1.69. The predicted molar refractivity (Wildman–Crippen MR) is 68.7 cm³/mol. The molecule has 0 saturated carbocycles. The zero-order valence-corrected chi connectivity index (χ0v) is 11.7. The molecule has 0 fully saturated rings. The maximum atomic E-state index is 9.24. The molecule has 0 heterocycles. The van der Waals surface area contributed by atoms with Gasteiger partial charge >= 0.3 is 0 Å². The summed E-state index contributed by atoms with van der Waals surface area (Å²) in [5, 5.41) is 9.24. The highest BCUT2D eigenvalue weighted by Gasteiger charge is 2.24. The van der Waals surface area contributed by atoms with Crippen molar-refractivity contribution in [2.75, 3.05) is 0 Å². The van der Waals surface area contributed by atoms with Crippen LogP contribution in [-0.4, -0.2) is 8.32 Å². The van der Waals surface area contributed by atoms with Gasteiger partial charge in [-0.2, -0.15) is 5.26 Å². The molecule has 0 spiro atoms. The standard InChI is InChI=1S/C13H19NOSi/c1-10-7-6-8-11(2)13(10)12(9-14)15-16(3,4)5/h6-8,12H,1-5H3. The Morgan fingerprint density at radius 2 is 1.69 bits per heavy atom. The summed E-state index contributed by atoms with van der Waals surface area (Å²) in [6, 6.07) is 8.34. The Bertz CT molecular complexity index is 395. The minimum absolute atomic E-state index is 0.423. The number of rotatable bonds is 3. The first-order chi connectivity index (χ1) is 7.35. The molecular weight excluding hydrogens is 214 g/mol. The molecule has 2 nitrogen and oxygen atoms in total. The molecule has 0 amide bonds. The lowest BCUT2D eigenvalue weighted by atomic mass is 9.99. The molecule has 0 aliphatic carbocycles. The SMILES string of the molecule is Cc1cccc(C)c1C(C#N)O[Si](C)(C)C. The summed E-state index contributed by atoms with van der Waals surface area (Å²) in [5.41, 5.74) is 3.29. The molecular formula is C13H19NOSi. The first-order valence-corrected chi connectivity index (χ1v) is 8.89. The number of hydrogen-bond donors (Lipinski definition) is 0. The first-order valence-electron chi connectivity index (χ1n) is 5.48. The monoisotopic (exact) mass is 233 g/mol. The van der Waals surface area contributed by atoms with Crippen LogP contribution in [0.2, 0.25) is 19.6 Å². The molecule has 0 bridgehead atoms. The molecule has 0 aliphatic heterocycles. The van der Waals surface area contributed by atoms with E-state index in [4.69, 9.17) is 4.43 Å². The lowest BCUT2D eigenvalue weighted by Gasteiger charge is -2.24. The topological polar surface area (TPSA) is 33.0 Å². The molecule has 1 unspecified atom stereocenters. The van der Waals surface area contributed by atoms with Gasteiger partial charge in [-0.15, -0.1) is 0 Å². The quantitative estimate of drug-likeness (QED) is 0.745. The van der Waals surface area contributed by atoms with Gasteiger partial charge < -0.3 is 4.43 Å². The molecule has 1 aromatic carbocycles. The molecule has 0 aromatic heterocycles. The van der Waals surface area contributed by atoms with Gasteiger partial charge in [0.05, 0.1) is 6.07 Å². The molecule has 3 heteroatoms. The Morgan fingerprint density at radius 3 is 2.06 bits per heavy atom. The average molecular weight is 233 g/mol. The van der Waals surface area contributed by atoms with Crippen molar-refractivity contribution in [2.45, 2.75) is 39.6 Å². The van der Waals surface area contributed by atoms with Crippen molar-refractivity contribution in [3.05, 3.63) is 34.9 Å². The van der Waals surface area contributed by atoms with Crippen molar-refractivity contribution in [1.82, 2.24) is 0 Å². The number of benzene rings is 1. The summed E-state index contributed by atoms with van der Waals surface area (Å²) >= 11 is 0. The summed E-state index contributed by atoms with van der Waals surface area (Å²) in [6.45, 7) is 10.4. The van der Waals surface area contributed by atoms with E-state index in [0.717, 1.165) is 16.7 Å². The molecule has 16 heavy (non-hydrogen) atoms. The largest absolute Gasteiger partial charge is 0.399 e. The smallest absolute Gasteiger partial charge is 0.186 e. The number of aryl methyl sites for hydroxylation is 2. The highest BCUT2D eigenvalue weighted by molar-refractivity contribution is 6.69. The molecule has 1 aromatic rings. The molecule has 86 valence electrons. The fraction of sp³-hybridized carbons (Fsp3) is 0.462. The molecule has 0 aliphatic rings. The van der Waals surface area contributed by atoms with E-state index in [2.05, 4.69) is 25.7 Å². The summed E-state index contributed by atoms with van der Waals surface area (Å²) in [6.07, 6.45) is -0.423. The van der Waals surface area contributed by atoms with Gasteiger partial charge in [-0.25, -0.2) is 0 Å². The molecule has 0 radical (unpaired) electrons. The maximum Gasteiger partial charge on any atom is 0.186 e. The number of hydrogen-bond acceptors (Lipinski definition) is 2. The van der Waals surface area contributed by atoms with E-state index in [0.29, 0.717) is 0 Å². The van der Waals surface area contributed by atoms with E-state index >= 15 is 0 Å². The van der Waals surface area contributed by atoms with Gasteiger partial charge in [-0.1, -0.05) is 18.2 Å². The van der Waals surface area contributed by atoms with E-state index in [9.17, 15) is 5.26 Å². The van der Waals surface area contributed by atoms with E-state index in [1.807, 2.05) is 32.0 Å². The lowest BCUT2D eigenvalue weighted by molar-refractivity contribution is 0.253. The van der Waals surface area contributed by atoms with Gasteiger partial charge in [0.15, 0.2) is 14.4 Å². The zero-order chi connectivity index (χ0) is 12.3. The molecule has 0 saturated heterocycles. The van der Waals surface area contributed by atoms with Crippen LogP contribution in [0.1, 0.15) is 22.8 Å². The Kier molecular flexibility index (Phi) is 3.90. The van der Waals surface area contributed by atoms with Gasteiger partial charge in [0.2, 0.25) is 0 Å². The third kappa shape index (κ3) is 3.19. The third-order valence-electron chi connectivity index (χ3n) is 2.39. The normalized spacial score (nSPS) is 13.2. The van der Waals surface area contributed by atoms with Crippen LogP contribution in [0.25, 0.3) is 0 Å². The lowest BCUT2D eigenvalue weighted by Crippen LogP contribution is -2.28. The first kappa shape index (κ1) is 13.0. The van der Waals surface area contributed by atoms with Gasteiger partial charge in [0, 0.05) is 0 Å². The van der Waals surface area contributed by atoms with Gasteiger partial charge in [-0.05, 0) is 50.2 Å². The van der Waals surface area contributed by atoms with E-state index in [1.165, 1.54) is 0 Å². The van der Waals surface area contributed by atoms with Crippen LogP contribution >= 0.6 is 0 Å². The zero-order valence-electron chi connectivity index (χ0n) is 10.7.